The fourth-order valence-corrected chi connectivity index (χ4v) is 4.55. The van der Waals surface area contributed by atoms with Gasteiger partial charge in [0.25, 0.3) is 0 Å². The molecule has 0 aliphatic heterocycles. The third kappa shape index (κ3) is 2.44. The molecule has 0 aliphatic carbocycles. The maximum Gasteiger partial charge on any atom is 0.177 e. The Hall–Kier alpha value is -4.05. The van der Waals surface area contributed by atoms with Crippen molar-refractivity contribution in [2.45, 2.75) is 5.92 Å². The number of carbonyl (C=O) groups is 1. The minimum atomic E-state index is -0.420. The highest BCUT2D eigenvalue weighted by Gasteiger charge is 2.30. The topological polar surface area (TPSA) is 64.4 Å². The monoisotopic (exact) mass is 389 g/mol. The third-order valence-electron chi connectivity index (χ3n) is 5.98. The minimum absolute atomic E-state index is 0.0851. The second kappa shape index (κ2) is 6.49. The molecule has 0 fully saturated rings. The van der Waals surface area contributed by atoms with Crippen LogP contribution in [0, 0.1) is 0 Å². The number of para-hydroxylation sites is 3. The van der Waals surface area contributed by atoms with Gasteiger partial charge < -0.3 is 15.0 Å². The van der Waals surface area contributed by atoms with Crippen molar-refractivity contribution in [1.82, 2.24) is 15.0 Å². The number of H-pyrrole nitrogens is 3. The molecule has 0 spiro atoms. The number of ketones is 1. The van der Waals surface area contributed by atoms with Crippen molar-refractivity contribution in [1.29, 1.82) is 0 Å². The Morgan fingerprint density at radius 3 is 1.57 bits per heavy atom. The quantitative estimate of drug-likeness (QED) is 0.311. The number of Topliss-reactive ketones (excluding diaryl/α,β-unsaturated/α-hetero) is 1. The molecule has 30 heavy (non-hydrogen) atoms. The number of fused-ring (bicyclic) bond motifs is 3. The minimum Gasteiger partial charge on any atom is -0.361 e. The van der Waals surface area contributed by atoms with E-state index < -0.39 is 5.92 Å². The number of benzene rings is 3. The highest BCUT2D eigenvalue weighted by atomic mass is 16.1. The van der Waals surface area contributed by atoms with Crippen molar-refractivity contribution < 1.29 is 4.79 Å². The summed E-state index contributed by atoms with van der Waals surface area (Å²) >= 11 is 0. The van der Waals surface area contributed by atoms with Gasteiger partial charge in [-0.15, -0.1) is 0 Å². The number of hydrogen-bond acceptors (Lipinski definition) is 1. The van der Waals surface area contributed by atoms with Crippen molar-refractivity contribution >= 4 is 38.5 Å². The van der Waals surface area contributed by atoms with Gasteiger partial charge in [-0.25, -0.2) is 0 Å². The predicted molar refractivity (Wildman–Crippen MR) is 121 cm³/mol. The lowest BCUT2D eigenvalue weighted by Gasteiger charge is -2.15. The van der Waals surface area contributed by atoms with Crippen molar-refractivity contribution in [3.05, 3.63) is 108 Å². The first-order chi connectivity index (χ1) is 14.8. The molecule has 3 N–H and O–H groups in total. The average Bonchev–Trinajstić information content (AvgIpc) is 3.51. The predicted octanol–water partition coefficient (Wildman–Crippen LogP) is 6.15. The molecule has 144 valence electrons. The molecule has 0 radical (unpaired) electrons. The van der Waals surface area contributed by atoms with Crippen LogP contribution in [0.5, 0.6) is 0 Å². The van der Waals surface area contributed by atoms with Crippen molar-refractivity contribution in [2.24, 2.45) is 0 Å². The summed E-state index contributed by atoms with van der Waals surface area (Å²) in [6, 6.07) is 24.2. The maximum absolute atomic E-state index is 14.1. The summed E-state index contributed by atoms with van der Waals surface area (Å²) in [4.78, 5) is 24.0. The number of hydrogen-bond donors (Lipinski definition) is 3. The molecule has 4 nitrogen and oxygen atoms in total. The standard InChI is InChI=1S/C26H19N3O/c30-26(21-15-29-24-12-6-3-9-18(21)24)25(19-13-27-22-10-4-1-7-16(19)22)20-14-28-23-11-5-2-8-17(20)23/h1-15,25,27-29H. The maximum atomic E-state index is 14.1. The summed E-state index contributed by atoms with van der Waals surface area (Å²) in [7, 11) is 0. The third-order valence-corrected chi connectivity index (χ3v) is 5.98. The second-order valence-electron chi connectivity index (χ2n) is 7.62. The smallest absolute Gasteiger partial charge is 0.177 e. The first-order valence-electron chi connectivity index (χ1n) is 10.0. The fraction of sp³-hybridized carbons (Fsp3) is 0.0385. The number of rotatable bonds is 4. The van der Waals surface area contributed by atoms with E-state index in [9.17, 15) is 4.79 Å². The summed E-state index contributed by atoms with van der Waals surface area (Å²) in [5, 5.41) is 3.09. The van der Waals surface area contributed by atoms with E-state index in [0.29, 0.717) is 5.56 Å². The van der Waals surface area contributed by atoms with Gasteiger partial charge in [0.2, 0.25) is 0 Å². The summed E-state index contributed by atoms with van der Waals surface area (Å²) in [5.41, 5.74) is 5.73. The average molecular weight is 389 g/mol. The van der Waals surface area contributed by atoms with E-state index in [1.165, 1.54) is 0 Å². The molecular formula is C26H19N3O. The molecule has 3 aromatic carbocycles. The Balaban J connectivity index is 1.62. The zero-order valence-corrected chi connectivity index (χ0v) is 16.1. The van der Waals surface area contributed by atoms with Crippen LogP contribution in [0.3, 0.4) is 0 Å². The van der Waals surface area contributed by atoms with E-state index >= 15 is 0 Å². The normalized spacial score (nSPS) is 11.8. The molecule has 4 heteroatoms. The van der Waals surface area contributed by atoms with Gasteiger partial charge in [0.15, 0.2) is 5.78 Å². The van der Waals surface area contributed by atoms with Gasteiger partial charge in [-0.05, 0) is 29.3 Å². The van der Waals surface area contributed by atoms with Gasteiger partial charge in [-0.1, -0.05) is 54.6 Å². The molecule has 6 aromatic rings. The largest absolute Gasteiger partial charge is 0.361 e. The molecule has 0 unspecified atom stereocenters. The van der Waals surface area contributed by atoms with Crippen molar-refractivity contribution in [3.8, 4) is 0 Å². The molecule has 0 saturated carbocycles. The van der Waals surface area contributed by atoms with E-state index in [1.54, 1.807) is 0 Å². The number of carbonyl (C=O) groups excluding carboxylic acids is 1. The lowest BCUT2D eigenvalue weighted by molar-refractivity contribution is 0.0976. The number of aromatic nitrogens is 3. The second-order valence-corrected chi connectivity index (χ2v) is 7.62. The molecule has 0 amide bonds. The zero-order chi connectivity index (χ0) is 20.1. The van der Waals surface area contributed by atoms with E-state index in [0.717, 1.165) is 43.8 Å². The van der Waals surface area contributed by atoms with Crippen LogP contribution in [0.25, 0.3) is 32.7 Å². The van der Waals surface area contributed by atoms with E-state index in [-0.39, 0.29) is 5.78 Å². The molecule has 0 aliphatic rings. The van der Waals surface area contributed by atoms with Crippen LogP contribution in [0.15, 0.2) is 91.4 Å². The molecule has 3 heterocycles. The molecule has 0 bridgehead atoms. The number of nitrogens with one attached hydrogen (secondary N) is 3. The summed E-state index contributed by atoms with van der Waals surface area (Å²) in [6.07, 6.45) is 5.79. The van der Waals surface area contributed by atoms with E-state index in [2.05, 4.69) is 27.1 Å². The Labute approximate surface area is 172 Å². The summed E-state index contributed by atoms with van der Waals surface area (Å²) in [6.45, 7) is 0. The van der Waals surface area contributed by atoms with Crippen LogP contribution < -0.4 is 0 Å². The lowest BCUT2D eigenvalue weighted by atomic mass is 9.84. The Morgan fingerprint density at radius 1 is 0.567 bits per heavy atom. The van der Waals surface area contributed by atoms with E-state index in [4.69, 9.17) is 0 Å². The van der Waals surface area contributed by atoms with Crippen LogP contribution in [0.4, 0.5) is 0 Å². The zero-order valence-electron chi connectivity index (χ0n) is 16.1. The van der Waals surface area contributed by atoms with Gasteiger partial charge in [-0.3, -0.25) is 4.79 Å². The van der Waals surface area contributed by atoms with E-state index in [1.807, 2.05) is 79.3 Å². The molecule has 0 atom stereocenters. The first kappa shape index (κ1) is 16.9. The van der Waals surface area contributed by atoms with Gasteiger partial charge >= 0.3 is 0 Å². The van der Waals surface area contributed by atoms with Gasteiger partial charge in [0.05, 0.1) is 5.92 Å². The highest BCUT2D eigenvalue weighted by molar-refractivity contribution is 6.14. The fourth-order valence-electron chi connectivity index (χ4n) is 4.55. The van der Waals surface area contributed by atoms with Crippen LogP contribution >= 0.6 is 0 Å². The van der Waals surface area contributed by atoms with Crippen molar-refractivity contribution in [3.63, 3.8) is 0 Å². The summed E-state index contributed by atoms with van der Waals surface area (Å²) in [5.74, 6) is -0.335. The highest BCUT2D eigenvalue weighted by Crippen LogP contribution is 2.38. The molecule has 6 rings (SSSR count). The lowest BCUT2D eigenvalue weighted by Crippen LogP contribution is -2.14. The van der Waals surface area contributed by atoms with Crippen LogP contribution in [0.1, 0.15) is 27.4 Å². The Kier molecular flexibility index (Phi) is 3.65. The molecule has 3 aromatic heterocycles. The number of aromatic amines is 3. The van der Waals surface area contributed by atoms with Crippen molar-refractivity contribution in [2.75, 3.05) is 0 Å². The summed E-state index contributed by atoms with van der Waals surface area (Å²) < 4.78 is 0. The first-order valence-corrected chi connectivity index (χ1v) is 10.0. The SMILES string of the molecule is O=C(c1c[nH]c2ccccc12)C(c1c[nH]c2ccccc12)c1c[nH]c2ccccc12. The Bertz CT molecular complexity index is 1460. The Morgan fingerprint density at radius 2 is 1.00 bits per heavy atom. The van der Waals surface area contributed by atoms with Crippen LogP contribution in [-0.4, -0.2) is 20.7 Å². The van der Waals surface area contributed by atoms with Crippen LogP contribution in [-0.2, 0) is 0 Å². The van der Waals surface area contributed by atoms with Crippen LogP contribution in [0.2, 0.25) is 0 Å². The van der Waals surface area contributed by atoms with Gasteiger partial charge in [0, 0.05) is 56.9 Å². The van der Waals surface area contributed by atoms with Gasteiger partial charge in [-0.2, -0.15) is 0 Å². The van der Waals surface area contributed by atoms with Gasteiger partial charge in [0.1, 0.15) is 0 Å². The molecular weight excluding hydrogens is 370 g/mol. The molecule has 0 saturated heterocycles.